The van der Waals surface area contributed by atoms with Crippen LogP contribution in [0.1, 0.15) is 5.82 Å². The molecule has 0 amide bonds. The van der Waals surface area contributed by atoms with Crippen LogP contribution in [0.5, 0.6) is 5.75 Å². The van der Waals surface area contributed by atoms with E-state index in [0.29, 0.717) is 5.82 Å². The molecule has 9 heteroatoms. The molecule has 19 heavy (non-hydrogen) atoms. The molecular formula is C10H8FN3O4S. The quantitative estimate of drug-likeness (QED) is 0.834. The van der Waals surface area contributed by atoms with Crippen molar-refractivity contribution >= 4 is 10.5 Å². The molecule has 2 aromatic rings. The minimum absolute atomic E-state index is 0.0210. The summed E-state index contributed by atoms with van der Waals surface area (Å²) in [6.45, 7) is 1.56. The van der Waals surface area contributed by atoms with Crippen LogP contribution >= 0.6 is 0 Å². The van der Waals surface area contributed by atoms with Crippen LogP contribution in [0.2, 0.25) is 0 Å². The number of nitrogens with zero attached hydrogens (tertiary/aromatic N) is 2. The molecular weight excluding hydrogens is 277 g/mol. The summed E-state index contributed by atoms with van der Waals surface area (Å²) in [4.78, 5) is 14.1. The van der Waals surface area contributed by atoms with Gasteiger partial charge in [-0.1, -0.05) is 16.0 Å². The van der Waals surface area contributed by atoms with Crippen LogP contribution in [-0.2, 0) is 10.5 Å². The van der Waals surface area contributed by atoms with Gasteiger partial charge in [0.2, 0.25) is 0 Å². The Morgan fingerprint density at radius 2 is 2.05 bits per heavy atom. The Hall–Kier alpha value is -2.29. The molecule has 0 radical (unpaired) electrons. The van der Waals surface area contributed by atoms with Gasteiger partial charge < -0.3 is 9.17 Å². The second-order valence-corrected chi connectivity index (χ2v) is 4.55. The summed E-state index contributed by atoms with van der Waals surface area (Å²) in [7, 11) is -5.11. The lowest BCUT2D eigenvalue weighted by molar-refractivity contribution is 0.440. The van der Waals surface area contributed by atoms with Gasteiger partial charge >= 0.3 is 10.5 Å². The molecule has 0 aliphatic rings. The van der Waals surface area contributed by atoms with Crippen molar-refractivity contribution in [3.8, 4) is 17.0 Å². The number of aryl methyl sites for hydroxylation is 1. The molecule has 2 rings (SSSR count). The lowest BCUT2D eigenvalue weighted by Gasteiger charge is -2.03. The highest BCUT2D eigenvalue weighted by Gasteiger charge is 2.12. The third kappa shape index (κ3) is 3.35. The molecule has 0 atom stereocenters. The number of nitrogens with one attached hydrogen (secondary N) is 1. The van der Waals surface area contributed by atoms with E-state index in [1.165, 1.54) is 24.3 Å². The fraction of sp³-hybridized carbons (Fsp3) is 0.100. The van der Waals surface area contributed by atoms with Crippen molar-refractivity contribution in [2.45, 2.75) is 6.92 Å². The first-order valence-electron chi connectivity index (χ1n) is 5.03. The number of hydrogen-bond donors (Lipinski definition) is 1. The van der Waals surface area contributed by atoms with Crippen LogP contribution < -0.4 is 9.74 Å². The van der Waals surface area contributed by atoms with E-state index in [1.54, 1.807) is 6.92 Å². The second-order valence-electron chi connectivity index (χ2n) is 3.59. The highest BCUT2D eigenvalue weighted by molar-refractivity contribution is 7.81. The second kappa shape index (κ2) is 4.76. The van der Waals surface area contributed by atoms with Gasteiger partial charge in [0.05, 0.1) is 0 Å². The van der Waals surface area contributed by atoms with Gasteiger partial charge in [-0.05, 0) is 19.1 Å². The van der Waals surface area contributed by atoms with E-state index >= 15 is 0 Å². The Kier molecular flexibility index (Phi) is 3.30. The highest BCUT2D eigenvalue weighted by atomic mass is 32.3. The summed E-state index contributed by atoms with van der Waals surface area (Å²) < 4.78 is 37.2. The third-order valence-corrected chi connectivity index (χ3v) is 2.50. The minimum atomic E-state index is -5.11. The Labute approximate surface area is 107 Å². The van der Waals surface area contributed by atoms with Crippen molar-refractivity contribution < 1.29 is 16.5 Å². The van der Waals surface area contributed by atoms with E-state index in [-0.39, 0.29) is 17.0 Å². The maximum absolute atomic E-state index is 12.4. The molecule has 0 aliphatic heterocycles. The van der Waals surface area contributed by atoms with Crippen LogP contribution in [-0.4, -0.2) is 23.6 Å². The van der Waals surface area contributed by atoms with Crippen LogP contribution in [0.3, 0.4) is 0 Å². The van der Waals surface area contributed by atoms with Crippen LogP contribution in [0, 0.1) is 6.92 Å². The van der Waals surface area contributed by atoms with Gasteiger partial charge in [-0.3, -0.25) is 4.79 Å². The minimum Gasteiger partial charge on any atom is -0.358 e. The van der Waals surface area contributed by atoms with Crippen molar-refractivity contribution in [1.82, 2.24) is 15.2 Å². The average Bonchev–Trinajstić information content (AvgIpc) is 2.26. The first-order chi connectivity index (χ1) is 8.85. The van der Waals surface area contributed by atoms with Crippen molar-refractivity contribution in [2.24, 2.45) is 0 Å². The topological polar surface area (TPSA) is 102 Å². The van der Waals surface area contributed by atoms with Gasteiger partial charge in [-0.25, -0.2) is 0 Å². The third-order valence-electron chi connectivity index (χ3n) is 2.11. The van der Waals surface area contributed by atoms with Gasteiger partial charge in [-0.2, -0.15) is 8.42 Å². The molecule has 1 heterocycles. The van der Waals surface area contributed by atoms with Crippen LogP contribution in [0.25, 0.3) is 11.3 Å². The van der Waals surface area contributed by atoms with Crippen molar-refractivity contribution in [3.05, 3.63) is 40.4 Å². The lowest BCUT2D eigenvalue weighted by Crippen LogP contribution is -2.14. The summed E-state index contributed by atoms with van der Waals surface area (Å²) in [5.41, 5.74) is -0.255. The number of rotatable bonds is 3. The standard InChI is InChI=1S/C10H8FN3O4S/c1-6-12-10(15)9(14-13-6)7-3-2-4-8(5-7)18-19(11,16)17/h2-5H,1H3,(H,12,13,15). The molecule has 7 nitrogen and oxygen atoms in total. The van der Waals surface area contributed by atoms with E-state index in [4.69, 9.17) is 0 Å². The van der Waals surface area contributed by atoms with Gasteiger partial charge in [0.15, 0.2) is 5.69 Å². The molecule has 100 valence electrons. The van der Waals surface area contributed by atoms with Gasteiger partial charge in [0.25, 0.3) is 5.56 Å². The number of aromatic amines is 1. The lowest BCUT2D eigenvalue weighted by atomic mass is 10.1. The maximum Gasteiger partial charge on any atom is 0.488 e. The molecule has 0 fully saturated rings. The summed E-state index contributed by atoms with van der Waals surface area (Å²) >= 11 is 0. The predicted octanol–water partition coefficient (Wildman–Crippen LogP) is 0.733. The Balaban J connectivity index is 2.46. The number of aromatic nitrogens is 3. The van der Waals surface area contributed by atoms with E-state index in [2.05, 4.69) is 19.4 Å². The number of hydrogen-bond acceptors (Lipinski definition) is 6. The normalized spacial score (nSPS) is 11.3. The molecule has 0 unspecified atom stereocenters. The smallest absolute Gasteiger partial charge is 0.358 e. The zero-order valence-electron chi connectivity index (χ0n) is 9.62. The number of benzene rings is 1. The van der Waals surface area contributed by atoms with Gasteiger partial charge in [0.1, 0.15) is 11.6 Å². The molecule has 0 saturated heterocycles. The fourth-order valence-electron chi connectivity index (χ4n) is 1.42. The molecule has 0 aliphatic carbocycles. The van der Waals surface area contributed by atoms with Crippen molar-refractivity contribution in [1.29, 1.82) is 0 Å². The van der Waals surface area contributed by atoms with Gasteiger partial charge in [-0.15, -0.1) is 10.2 Å². The number of halogens is 1. The Bertz CT molecular complexity index is 772. The highest BCUT2D eigenvalue weighted by Crippen LogP contribution is 2.21. The molecule has 0 saturated carbocycles. The summed E-state index contributed by atoms with van der Waals surface area (Å²) in [6.07, 6.45) is 0. The fourth-order valence-corrected chi connectivity index (χ4v) is 1.75. The maximum atomic E-state index is 12.4. The number of H-pyrrole nitrogens is 1. The molecule has 1 aromatic heterocycles. The summed E-state index contributed by atoms with van der Waals surface area (Å²) in [5.74, 6) is 0.0780. The van der Waals surface area contributed by atoms with E-state index in [0.717, 1.165) is 0 Å². The Morgan fingerprint density at radius 3 is 2.68 bits per heavy atom. The zero-order chi connectivity index (χ0) is 14.0. The molecule has 1 N–H and O–H groups in total. The largest absolute Gasteiger partial charge is 0.488 e. The van der Waals surface area contributed by atoms with Crippen molar-refractivity contribution in [3.63, 3.8) is 0 Å². The van der Waals surface area contributed by atoms with E-state index in [9.17, 15) is 17.1 Å². The summed E-state index contributed by atoms with van der Waals surface area (Å²) in [6, 6.07) is 5.30. The van der Waals surface area contributed by atoms with Crippen LogP contribution in [0.15, 0.2) is 29.1 Å². The first-order valence-corrected chi connectivity index (χ1v) is 6.34. The SMILES string of the molecule is Cc1nnc(-c2cccc(OS(=O)(=O)F)c2)c(=O)[nH]1. The van der Waals surface area contributed by atoms with Crippen LogP contribution in [0.4, 0.5) is 3.89 Å². The zero-order valence-corrected chi connectivity index (χ0v) is 10.4. The molecule has 1 aromatic carbocycles. The monoisotopic (exact) mass is 285 g/mol. The van der Waals surface area contributed by atoms with Crippen molar-refractivity contribution in [2.75, 3.05) is 0 Å². The first kappa shape index (κ1) is 13.1. The van der Waals surface area contributed by atoms with E-state index < -0.39 is 16.1 Å². The molecule has 0 bridgehead atoms. The average molecular weight is 285 g/mol. The predicted molar refractivity (Wildman–Crippen MR) is 63.5 cm³/mol. The Morgan fingerprint density at radius 1 is 1.32 bits per heavy atom. The van der Waals surface area contributed by atoms with E-state index in [1.807, 2.05) is 0 Å². The molecule has 0 spiro atoms. The summed E-state index contributed by atoms with van der Waals surface area (Å²) in [5, 5.41) is 7.38. The van der Waals surface area contributed by atoms with Gasteiger partial charge in [0, 0.05) is 5.56 Å².